The summed E-state index contributed by atoms with van der Waals surface area (Å²) in [6.45, 7) is 0.740. The van der Waals surface area contributed by atoms with E-state index in [4.69, 9.17) is 5.84 Å². The van der Waals surface area contributed by atoms with Crippen LogP contribution in [0.25, 0.3) is 11.4 Å². The van der Waals surface area contributed by atoms with Gasteiger partial charge in [-0.05, 0) is 0 Å². The fraction of sp³-hybridized carbons (Fsp3) is 0.0769. The van der Waals surface area contributed by atoms with Gasteiger partial charge in [0.05, 0.1) is 6.54 Å². The Bertz CT molecular complexity index is 658. The van der Waals surface area contributed by atoms with E-state index in [2.05, 4.69) is 32.1 Å². The molecule has 3 N–H and O–H groups in total. The fourth-order valence-corrected chi connectivity index (χ4v) is 2.62. The summed E-state index contributed by atoms with van der Waals surface area (Å²) in [7, 11) is 0. The average Bonchev–Trinajstić information content (AvgIpc) is 3.09. The van der Waals surface area contributed by atoms with E-state index in [9.17, 15) is 0 Å². The van der Waals surface area contributed by atoms with E-state index < -0.39 is 0 Å². The van der Waals surface area contributed by atoms with Crippen molar-refractivity contribution in [1.82, 2.24) is 14.5 Å². The Labute approximate surface area is 114 Å². The lowest BCUT2D eigenvalue weighted by atomic mass is 10.2. The SMILES string of the molecule is NNc1ncc(Cn2ccnc2-c2ccccc2)s1. The molecule has 0 radical (unpaired) electrons. The number of rotatable bonds is 4. The van der Waals surface area contributed by atoms with Crippen LogP contribution in [0, 0.1) is 0 Å². The molecule has 0 unspecified atom stereocenters. The summed E-state index contributed by atoms with van der Waals surface area (Å²) in [6.07, 6.45) is 5.61. The number of hydrogen-bond acceptors (Lipinski definition) is 5. The number of hydrogen-bond donors (Lipinski definition) is 2. The molecule has 2 heterocycles. The van der Waals surface area contributed by atoms with E-state index in [-0.39, 0.29) is 0 Å². The predicted octanol–water partition coefficient (Wildman–Crippen LogP) is 2.34. The first-order chi connectivity index (χ1) is 9.36. The summed E-state index contributed by atoms with van der Waals surface area (Å²) < 4.78 is 2.10. The lowest BCUT2D eigenvalue weighted by Gasteiger charge is -2.05. The lowest BCUT2D eigenvalue weighted by Crippen LogP contribution is -2.05. The molecule has 0 saturated heterocycles. The maximum absolute atomic E-state index is 5.34. The largest absolute Gasteiger partial charge is 0.326 e. The Kier molecular flexibility index (Phi) is 3.26. The van der Waals surface area contributed by atoms with Crippen LogP contribution in [0.4, 0.5) is 5.13 Å². The minimum absolute atomic E-state index is 0.719. The molecule has 6 heteroatoms. The molecule has 0 saturated carbocycles. The van der Waals surface area contributed by atoms with Gasteiger partial charge in [-0.3, -0.25) is 5.43 Å². The zero-order valence-corrected chi connectivity index (χ0v) is 11.0. The van der Waals surface area contributed by atoms with Gasteiger partial charge in [0, 0.05) is 29.0 Å². The molecule has 0 fully saturated rings. The molecule has 19 heavy (non-hydrogen) atoms. The van der Waals surface area contributed by atoms with Crippen molar-refractivity contribution >= 4 is 16.5 Å². The Morgan fingerprint density at radius 1 is 1.21 bits per heavy atom. The maximum Gasteiger partial charge on any atom is 0.197 e. The second-order valence-corrected chi connectivity index (χ2v) is 5.14. The van der Waals surface area contributed by atoms with Gasteiger partial charge in [0.25, 0.3) is 0 Å². The molecule has 0 aliphatic rings. The zero-order chi connectivity index (χ0) is 13.1. The van der Waals surface area contributed by atoms with E-state index in [1.165, 1.54) is 11.3 Å². The number of nitrogens with two attached hydrogens (primary N) is 1. The van der Waals surface area contributed by atoms with Crippen LogP contribution < -0.4 is 11.3 Å². The standard InChI is InChI=1S/C13H13N5S/c14-17-13-16-8-11(19-13)9-18-7-6-15-12(18)10-4-2-1-3-5-10/h1-8H,9,14H2,(H,16,17). The molecule has 3 aromatic rings. The van der Waals surface area contributed by atoms with Crippen LogP contribution in [0.15, 0.2) is 48.9 Å². The normalized spacial score (nSPS) is 10.6. The first kappa shape index (κ1) is 11.9. The van der Waals surface area contributed by atoms with Crippen LogP contribution in [0.3, 0.4) is 0 Å². The van der Waals surface area contributed by atoms with Crippen LogP contribution in [-0.4, -0.2) is 14.5 Å². The van der Waals surface area contributed by atoms with Gasteiger partial charge in [-0.2, -0.15) is 0 Å². The number of benzene rings is 1. The molecule has 1 aromatic carbocycles. The summed E-state index contributed by atoms with van der Waals surface area (Å²) in [4.78, 5) is 9.71. The van der Waals surface area contributed by atoms with E-state index in [1.807, 2.05) is 36.8 Å². The summed E-state index contributed by atoms with van der Waals surface area (Å²) in [6, 6.07) is 10.1. The van der Waals surface area contributed by atoms with Crippen LogP contribution in [0.2, 0.25) is 0 Å². The van der Waals surface area contributed by atoms with Crippen molar-refractivity contribution in [3.8, 4) is 11.4 Å². The molecule has 5 nitrogen and oxygen atoms in total. The van der Waals surface area contributed by atoms with Crippen LogP contribution in [-0.2, 0) is 6.54 Å². The van der Waals surface area contributed by atoms with Crippen LogP contribution in [0.5, 0.6) is 0 Å². The summed E-state index contributed by atoms with van der Waals surface area (Å²) >= 11 is 1.54. The summed E-state index contributed by atoms with van der Waals surface area (Å²) in [5, 5.41) is 0.719. The highest BCUT2D eigenvalue weighted by molar-refractivity contribution is 7.15. The van der Waals surface area contributed by atoms with Crippen molar-refractivity contribution in [2.45, 2.75) is 6.54 Å². The summed E-state index contributed by atoms with van der Waals surface area (Å²) in [5.41, 5.74) is 3.66. The number of nitrogen functional groups attached to an aromatic ring is 1. The number of hydrazine groups is 1. The topological polar surface area (TPSA) is 68.8 Å². The fourth-order valence-electron chi connectivity index (χ4n) is 1.90. The molecule has 0 aliphatic heterocycles. The summed E-state index contributed by atoms with van der Waals surface area (Å²) in [5.74, 6) is 6.29. The van der Waals surface area contributed by atoms with E-state index in [1.54, 1.807) is 0 Å². The Morgan fingerprint density at radius 2 is 2.05 bits per heavy atom. The molecule has 96 valence electrons. The smallest absolute Gasteiger partial charge is 0.197 e. The van der Waals surface area contributed by atoms with Gasteiger partial charge in [-0.25, -0.2) is 15.8 Å². The first-order valence-corrected chi connectivity index (χ1v) is 6.66. The van der Waals surface area contributed by atoms with Gasteiger partial charge in [0.2, 0.25) is 0 Å². The molecule has 0 spiro atoms. The van der Waals surface area contributed by atoms with Gasteiger partial charge < -0.3 is 4.57 Å². The van der Waals surface area contributed by atoms with Crippen molar-refractivity contribution in [2.75, 3.05) is 5.43 Å². The monoisotopic (exact) mass is 271 g/mol. The third kappa shape index (κ3) is 2.49. The van der Waals surface area contributed by atoms with Gasteiger partial charge in [-0.1, -0.05) is 41.7 Å². The van der Waals surface area contributed by atoms with Crippen molar-refractivity contribution < 1.29 is 0 Å². The molecular weight excluding hydrogens is 258 g/mol. The molecule has 0 atom stereocenters. The third-order valence-electron chi connectivity index (χ3n) is 2.75. The zero-order valence-electron chi connectivity index (χ0n) is 10.2. The lowest BCUT2D eigenvalue weighted by molar-refractivity contribution is 0.818. The average molecular weight is 271 g/mol. The van der Waals surface area contributed by atoms with Crippen LogP contribution in [0.1, 0.15) is 4.88 Å². The molecule has 0 bridgehead atoms. The molecule has 3 rings (SSSR count). The Balaban J connectivity index is 1.88. The highest BCUT2D eigenvalue weighted by Crippen LogP contribution is 2.22. The number of anilines is 1. The quantitative estimate of drug-likeness (QED) is 0.564. The van der Waals surface area contributed by atoms with Crippen molar-refractivity contribution in [1.29, 1.82) is 0 Å². The van der Waals surface area contributed by atoms with Gasteiger partial charge in [0.15, 0.2) is 5.13 Å². The molecule has 0 amide bonds. The van der Waals surface area contributed by atoms with E-state index in [0.29, 0.717) is 0 Å². The van der Waals surface area contributed by atoms with Crippen molar-refractivity contribution in [2.24, 2.45) is 5.84 Å². The second kappa shape index (κ2) is 5.21. The Morgan fingerprint density at radius 3 is 2.79 bits per heavy atom. The highest BCUT2D eigenvalue weighted by Gasteiger charge is 2.07. The van der Waals surface area contributed by atoms with E-state index >= 15 is 0 Å². The third-order valence-corrected chi connectivity index (χ3v) is 3.66. The minimum atomic E-state index is 0.719. The maximum atomic E-state index is 5.34. The number of nitrogens with one attached hydrogen (secondary N) is 1. The van der Waals surface area contributed by atoms with Crippen molar-refractivity contribution in [3.63, 3.8) is 0 Å². The number of imidazole rings is 1. The van der Waals surface area contributed by atoms with Gasteiger partial charge in [-0.15, -0.1) is 0 Å². The number of nitrogens with zero attached hydrogens (tertiary/aromatic N) is 3. The Hall–Kier alpha value is -2.18. The second-order valence-electron chi connectivity index (χ2n) is 4.02. The van der Waals surface area contributed by atoms with Crippen molar-refractivity contribution in [3.05, 3.63) is 53.8 Å². The molecular formula is C13H13N5S. The van der Waals surface area contributed by atoms with Crippen LogP contribution >= 0.6 is 11.3 Å². The minimum Gasteiger partial charge on any atom is -0.326 e. The first-order valence-electron chi connectivity index (χ1n) is 5.84. The van der Waals surface area contributed by atoms with Gasteiger partial charge in [0.1, 0.15) is 5.82 Å². The predicted molar refractivity (Wildman–Crippen MR) is 76.7 cm³/mol. The number of aromatic nitrogens is 3. The number of thiazole rings is 1. The highest BCUT2D eigenvalue weighted by atomic mass is 32.1. The molecule has 2 aromatic heterocycles. The molecule has 0 aliphatic carbocycles. The van der Waals surface area contributed by atoms with Gasteiger partial charge >= 0.3 is 0 Å². The van der Waals surface area contributed by atoms with E-state index in [0.717, 1.165) is 27.9 Å².